The molecular formula is C17H25FN2O. The van der Waals surface area contributed by atoms with Crippen LogP contribution in [0.3, 0.4) is 0 Å². The van der Waals surface area contributed by atoms with Crippen LogP contribution < -0.4 is 0 Å². The number of hydrogen-bond donors (Lipinski definition) is 1. The Morgan fingerprint density at radius 2 is 2.05 bits per heavy atom. The van der Waals surface area contributed by atoms with Crippen LogP contribution >= 0.6 is 0 Å². The molecule has 1 aromatic carbocycles. The third-order valence-corrected chi connectivity index (χ3v) is 4.93. The molecule has 0 saturated carbocycles. The van der Waals surface area contributed by atoms with Gasteiger partial charge in [0.2, 0.25) is 0 Å². The van der Waals surface area contributed by atoms with Crippen molar-refractivity contribution >= 4 is 0 Å². The number of aliphatic hydroxyl groups excluding tert-OH is 1. The molecule has 3 rings (SSSR count). The van der Waals surface area contributed by atoms with Crippen molar-refractivity contribution in [3.8, 4) is 0 Å². The van der Waals surface area contributed by atoms with E-state index in [0.717, 1.165) is 24.2 Å². The van der Waals surface area contributed by atoms with E-state index in [9.17, 15) is 9.50 Å². The van der Waals surface area contributed by atoms with Gasteiger partial charge in [0.05, 0.1) is 6.10 Å². The molecule has 1 aromatic rings. The maximum Gasteiger partial charge on any atom is 0.123 e. The summed E-state index contributed by atoms with van der Waals surface area (Å²) in [5, 5.41) is 10.4. The summed E-state index contributed by atoms with van der Waals surface area (Å²) >= 11 is 0. The van der Waals surface area contributed by atoms with Gasteiger partial charge in [-0.1, -0.05) is 6.07 Å². The van der Waals surface area contributed by atoms with Crippen molar-refractivity contribution in [1.82, 2.24) is 9.80 Å². The van der Waals surface area contributed by atoms with Crippen LogP contribution in [0.4, 0.5) is 4.39 Å². The number of rotatable bonds is 4. The highest BCUT2D eigenvalue weighted by atomic mass is 19.1. The minimum Gasteiger partial charge on any atom is -0.387 e. The monoisotopic (exact) mass is 292 g/mol. The molecule has 2 atom stereocenters. The quantitative estimate of drug-likeness (QED) is 0.923. The molecule has 116 valence electrons. The molecule has 0 spiro atoms. The first-order chi connectivity index (χ1) is 10.1. The first-order valence-electron chi connectivity index (χ1n) is 8.04. The van der Waals surface area contributed by atoms with Crippen molar-refractivity contribution in [3.63, 3.8) is 0 Å². The van der Waals surface area contributed by atoms with E-state index in [1.807, 2.05) is 6.92 Å². The summed E-state index contributed by atoms with van der Waals surface area (Å²) in [5.74, 6) is -0.237. The summed E-state index contributed by atoms with van der Waals surface area (Å²) in [4.78, 5) is 4.94. The highest BCUT2D eigenvalue weighted by Gasteiger charge is 2.30. The normalized spacial score (nSPS) is 25.6. The van der Waals surface area contributed by atoms with Crippen molar-refractivity contribution in [3.05, 3.63) is 35.1 Å². The fraction of sp³-hybridized carbons (Fsp3) is 0.647. The van der Waals surface area contributed by atoms with Crippen molar-refractivity contribution in [2.45, 2.75) is 38.3 Å². The molecule has 21 heavy (non-hydrogen) atoms. The Morgan fingerprint density at radius 3 is 2.76 bits per heavy atom. The van der Waals surface area contributed by atoms with Gasteiger partial charge in [0.1, 0.15) is 5.82 Å². The van der Waals surface area contributed by atoms with Crippen LogP contribution in [-0.4, -0.2) is 53.7 Å². The fourth-order valence-corrected chi connectivity index (χ4v) is 3.74. The molecule has 0 radical (unpaired) electrons. The molecule has 2 saturated heterocycles. The van der Waals surface area contributed by atoms with E-state index >= 15 is 0 Å². The van der Waals surface area contributed by atoms with Crippen molar-refractivity contribution < 1.29 is 9.50 Å². The second-order valence-electron chi connectivity index (χ2n) is 6.46. The third-order valence-electron chi connectivity index (χ3n) is 4.93. The molecule has 0 bridgehead atoms. The molecule has 2 fully saturated rings. The maximum absolute atomic E-state index is 13.1. The third kappa shape index (κ3) is 3.44. The first kappa shape index (κ1) is 14.9. The predicted molar refractivity (Wildman–Crippen MR) is 81.7 cm³/mol. The molecule has 2 aliphatic rings. The largest absolute Gasteiger partial charge is 0.387 e. The maximum atomic E-state index is 13.1. The predicted octanol–water partition coefficient (Wildman–Crippen LogP) is 2.34. The molecule has 1 N–H and O–H groups in total. The standard InChI is InChI=1S/C17H25FN2O/c1-13-10-14(18)4-5-16(13)17(21)12-19-9-6-15(11-19)20-7-2-3-8-20/h4-5,10,15,17,21H,2-3,6-9,11-12H2,1H3. The highest BCUT2D eigenvalue weighted by molar-refractivity contribution is 5.28. The molecule has 2 unspecified atom stereocenters. The number of nitrogens with zero attached hydrogens (tertiary/aromatic N) is 2. The van der Waals surface area contributed by atoms with E-state index < -0.39 is 6.10 Å². The van der Waals surface area contributed by atoms with Crippen LogP contribution in [0.1, 0.15) is 36.5 Å². The lowest BCUT2D eigenvalue weighted by atomic mass is 10.0. The van der Waals surface area contributed by atoms with Gasteiger partial charge in [-0.05, 0) is 69.1 Å². The Hall–Kier alpha value is -0.970. The average molecular weight is 292 g/mol. The average Bonchev–Trinajstić information content (AvgIpc) is 3.08. The van der Waals surface area contributed by atoms with Gasteiger partial charge in [-0.25, -0.2) is 4.39 Å². The van der Waals surface area contributed by atoms with E-state index in [2.05, 4.69) is 9.80 Å². The number of β-amino-alcohol motifs (C(OH)–C–C–N with tert-alkyl or cyclic N) is 1. The van der Waals surface area contributed by atoms with Crippen LogP contribution in [0.5, 0.6) is 0 Å². The topological polar surface area (TPSA) is 26.7 Å². The lowest BCUT2D eigenvalue weighted by Crippen LogP contribution is -2.36. The van der Waals surface area contributed by atoms with Crippen LogP contribution in [0.25, 0.3) is 0 Å². The molecule has 2 aliphatic heterocycles. The Bertz CT molecular complexity index is 488. The van der Waals surface area contributed by atoms with Gasteiger partial charge in [0, 0.05) is 19.1 Å². The van der Waals surface area contributed by atoms with E-state index in [0.29, 0.717) is 12.6 Å². The van der Waals surface area contributed by atoms with Crippen molar-refractivity contribution in [2.75, 3.05) is 32.7 Å². The molecule has 0 aromatic heterocycles. The number of aryl methyl sites for hydroxylation is 1. The summed E-state index contributed by atoms with van der Waals surface area (Å²) < 4.78 is 13.1. The lowest BCUT2D eigenvalue weighted by Gasteiger charge is -2.25. The smallest absolute Gasteiger partial charge is 0.123 e. The number of aliphatic hydroxyl groups is 1. The molecule has 0 aliphatic carbocycles. The number of hydrogen-bond acceptors (Lipinski definition) is 3. The zero-order valence-corrected chi connectivity index (χ0v) is 12.8. The Kier molecular flexibility index (Phi) is 4.57. The van der Waals surface area contributed by atoms with Crippen LogP contribution in [0, 0.1) is 12.7 Å². The number of halogens is 1. The summed E-state index contributed by atoms with van der Waals surface area (Å²) in [6.45, 7) is 7.08. The van der Waals surface area contributed by atoms with Gasteiger partial charge in [-0.3, -0.25) is 9.80 Å². The van der Waals surface area contributed by atoms with Crippen LogP contribution in [0.2, 0.25) is 0 Å². The van der Waals surface area contributed by atoms with E-state index in [-0.39, 0.29) is 5.82 Å². The lowest BCUT2D eigenvalue weighted by molar-refractivity contribution is 0.120. The molecule has 0 amide bonds. The van der Waals surface area contributed by atoms with Gasteiger partial charge < -0.3 is 5.11 Å². The van der Waals surface area contributed by atoms with Gasteiger partial charge in [0.15, 0.2) is 0 Å². The minimum atomic E-state index is -0.525. The van der Waals surface area contributed by atoms with Gasteiger partial charge in [-0.2, -0.15) is 0 Å². The van der Waals surface area contributed by atoms with Crippen molar-refractivity contribution in [2.24, 2.45) is 0 Å². The Morgan fingerprint density at radius 1 is 1.29 bits per heavy atom. The van der Waals surface area contributed by atoms with Gasteiger partial charge in [0.25, 0.3) is 0 Å². The summed E-state index contributed by atoms with van der Waals surface area (Å²) in [7, 11) is 0. The molecular weight excluding hydrogens is 267 g/mol. The first-order valence-corrected chi connectivity index (χ1v) is 8.04. The Balaban J connectivity index is 1.56. The van der Waals surface area contributed by atoms with Crippen LogP contribution in [0.15, 0.2) is 18.2 Å². The molecule has 2 heterocycles. The van der Waals surface area contributed by atoms with Gasteiger partial charge in [-0.15, -0.1) is 0 Å². The van der Waals surface area contributed by atoms with Crippen molar-refractivity contribution in [1.29, 1.82) is 0 Å². The highest BCUT2D eigenvalue weighted by Crippen LogP contribution is 2.24. The second kappa shape index (κ2) is 6.42. The molecule has 3 nitrogen and oxygen atoms in total. The molecule has 4 heteroatoms. The second-order valence-corrected chi connectivity index (χ2v) is 6.46. The SMILES string of the molecule is Cc1cc(F)ccc1C(O)CN1CCC(N2CCCC2)C1. The zero-order valence-electron chi connectivity index (χ0n) is 12.8. The summed E-state index contributed by atoms with van der Waals surface area (Å²) in [6, 6.07) is 5.30. The zero-order chi connectivity index (χ0) is 14.8. The Labute approximate surface area is 126 Å². The number of likely N-dealkylation sites (tertiary alicyclic amines) is 2. The summed E-state index contributed by atoms with van der Waals surface area (Å²) in [5.41, 5.74) is 1.68. The van der Waals surface area contributed by atoms with E-state index in [4.69, 9.17) is 0 Å². The van der Waals surface area contributed by atoms with E-state index in [1.54, 1.807) is 6.07 Å². The van der Waals surface area contributed by atoms with Gasteiger partial charge >= 0.3 is 0 Å². The number of benzene rings is 1. The van der Waals surface area contributed by atoms with Crippen LogP contribution in [-0.2, 0) is 0 Å². The summed E-state index contributed by atoms with van der Waals surface area (Å²) in [6.07, 6.45) is 3.33. The fourth-order valence-electron chi connectivity index (χ4n) is 3.74. The minimum absolute atomic E-state index is 0.237. The van der Waals surface area contributed by atoms with E-state index in [1.165, 1.54) is 44.5 Å².